The number of anilines is 1. The van der Waals surface area contributed by atoms with Gasteiger partial charge in [-0.1, -0.05) is 0 Å². The Morgan fingerprint density at radius 2 is 2.25 bits per heavy atom. The molecule has 1 saturated heterocycles. The Bertz CT molecular complexity index is 602. The Hall–Kier alpha value is -1.62. The van der Waals surface area contributed by atoms with Crippen molar-refractivity contribution < 1.29 is 4.79 Å². The smallest absolute Gasteiger partial charge is 0.223 e. The molecule has 5 heteroatoms. The summed E-state index contributed by atoms with van der Waals surface area (Å²) in [6, 6.07) is 4.20. The Kier molecular flexibility index (Phi) is 3.87. The van der Waals surface area contributed by atoms with Crippen LogP contribution in [0.25, 0.3) is 10.1 Å². The number of pyridine rings is 1. The molecule has 2 aromatic rings. The fraction of sp³-hybridized carbons (Fsp3) is 0.467. The van der Waals surface area contributed by atoms with Crippen molar-refractivity contribution in [3.63, 3.8) is 0 Å². The SMILES string of the molecule is CCNC(=O)C1CCN(c2nccc3sccc23)CC1. The highest BCUT2D eigenvalue weighted by atomic mass is 32.1. The average molecular weight is 289 g/mol. The topological polar surface area (TPSA) is 45.2 Å². The minimum Gasteiger partial charge on any atom is -0.356 e. The van der Waals surface area contributed by atoms with Gasteiger partial charge in [-0.15, -0.1) is 11.3 Å². The minimum atomic E-state index is 0.160. The van der Waals surface area contributed by atoms with E-state index in [9.17, 15) is 4.79 Å². The van der Waals surface area contributed by atoms with Gasteiger partial charge in [0.2, 0.25) is 5.91 Å². The number of nitrogens with zero attached hydrogens (tertiary/aromatic N) is 2. The lowest BCUT2D eigenvalue weighted by atomic mass is 9.96. The van der Waals surface area contributed by atoms with Crippen LogP contribution in [0, 0.1) is 5.92 Å². The predicted molar refractivity (Wildman–Crippen MR) is 83.2 cm³/mol. The molecule has 1 N–H and O–H groups in total. The number of thiophene rings is 1. The standard InChI is InChI=1S/C15H19N3OS/c1-2-16-15(19)11-4-8-18(9-5-11)14-12-6-10-20-13(12)3-7-17-14/h3,6-7,10-11H,2,4-5,8-9H2,1H3,(H,16,19). The van der Waals surface area contributed by atoms with Crippen LogP contribution in [-0.4, -0.2) is 30.5 Å². The number of rotatable bonds is 3. The molecule has 2 aromatic heterocycles. The summed E-state index contributed by atoms with van der Waals surface area (Å²) in [5, 5.41) is 6.26. The second-order valence-electron chi connectivity index (χ2n) is 5.12. The van der Waals surface area contributed by atoms with Crippen LogP contribution in [0.3, 0.4) is 0 Å². The quantitative estimate of drug-likeness (QED) is 0.945. The summed E-state index contributed by atoms with van der Waals surface area (Å²) in [5.74, 6) is 1.43. The molecule has 1 aliphatic heterocycles. The molecule has 1 fully saturated rings. The largest absolute Gasteiger partial charge is 0.356 e. The molecule has 0 aliphatic carbocycles. The van der Waals surface area contributed by atoms with Crippen molar-refractivity contribution >= 4 is 33.1 Å². The highest BCUT2D eigenvalue weighted by Crippen LogP contribution is 2.30. The van der Waals surface area contributed by atoms with Gasteiger partial charge in [-0.05, 0) is 37.3 Å². The lowest BCUT2D eigenvalue weighted by Crippen LogP contribution is -2.40. The molecule has 1 aliphatic rings. The molecule has 0 aromatic carbocycles. The van der Waals surface area contributed by atoms with Crippen LogP contribution in [0.5, 0.6) is 0 Å². The first-order valence-electron chi connectivity index (χ1n) is 7.14. The zero-order chi connectivity index (χ0) is 13.9. The molecule has 0 bridgehead atoms. The monoisotopic (exact) mass is 289 g/mol. The van der Waals surface area contributed by atoms with E-state index in [2.05, 4.69) is 32.7 Å². The van der Waals surface area contributed by atoms with Gasteiger partial charge in [0.15, 0.2) is 0 Å². The van der Waals surface area contributed by atoms with Gasteiger partial charge in [0.25, 0.3) is 0 Å². The van der Waals surface area contributed by atoms with Crippen molar-refractivity contribution in [2.45, 2.75) is 19.8 Å². The summed E-state index contributed by atoms with van der Waals surface area (Å²) in [5.41, 5.74) is 0. The van der Waals surface area contributed by atoms with Crippen LogP contribution < -0.4 is 10.2 Å². The Balaban J connectivity index is 1.72. The van der Waals surface area contributed by atoms with Gasteiger partial charge in [-0.25, -0.2) is 4.98 Å². The molecule has 106 valence electrons. The van der Waals surface area contributed by atoms with Crippen LogP contribution in [0.1, 0.15) is 19.8 Å². The number of amides is 1. The molecule has 0 saturated carbocycles. The maximum atomic E-state index is 11.9. The van der Waals surface area contributed by atoms with Gasteiger partial charge < -0.3 is 10.2 Å². The number of fused-ring (bicyclic) bond motifs is 1. The third kappa shape index (κ3) is 2.50. The highest BCUT2D eigenvalue weighted by molar-refractivity contribution is 7.17. The summed E-state index contributed by atoms with van der Waals surface area (Å²) >= 11 is 1.75. The molecule has 3 rings (SSSR count). The van der Waals surface area contributed by atoms with Gasteiger partial charge in [-0.2, -0.15) is 0 Å². The number of hydrogen-bond donors (Lipinski definition) is 1. The fourth-order valence-electron chi connectivity index (χ4n) is 2.80. The first-order valence-corrected chi connectivity index (χ1v) is 8.02. The van der Waals surface area contributed by atoms with Crippen molar-refractivity contribution in [1.82, 2.24) is 10.3 Å². The van der Waals surface area contributed by atoms with Crippen molar-refractivity contribution in [1.29, 1.82) is 0 Å². The fourth-order valence-corrected chi connectivity index (χ4v) is 3.58. The van der Waals surface area contributed by atoms with Crippen LogP contribution in [0.15, 0.2) is 23.7 Å². The molecular formula is C15H19N3OS. The van der Waals surface area contributed by atoms with Crippen LogP contribution in [0.4, 0.5) is 5.82 Å². The van der Waals surface area contributed by atoms with Crippen molar-refractivity contribution in [2.75, 3.05) is 24.5 Å². The molecule has 0 radical (unpaired) electrons. The molecule has 0 atom stereocenters. The minimum absolute atomic E-state index is 0.160. The number of carbonyl (C=O) groups is 1. The molecule has 3 heterocycles. The van der Waals surface area contributed by atoms with Gasteiger partial charge in [-0.3, -0.25) is 4.79 Å². The zero-order valence-corrected chi connectivity index (χ0v) is 12.4. The maximum Gasteiger partial charge on any atom is 0.223 e. The summed E-state index contributed by atoms with van der Waals surface area (Å²) in [6.45, 7) is 4.50. The van der Waals surface area contributed by atoms with Crippen LogP contribution in [0.2, 0.25) is 0 Å². The van der Waals surface area contributed by atoms with Gasteiger partial charge in [0, 0.05) is 41.8 Å². The van der Waals surface area contributed by atoms with Crippen LogP contribution in [-0.2, 0) is 4.79 Å². The van der Waals surface area contributed by atoms with E-state index in [1.165, 1.54) is 10.1 Å². The van der Waals surface area contributed by atoms with Crippen LogP contribution >= 0.6 is 11.3 Å². The van der Waals surface area contributed by atoms with E-state index in [1.54, 1.807) is 11.3 Å². The van der Waals surface area contributed by atoms with E-state index in [-0.39, 0.29) is 11.8 Å². The highest BCUT2D eigenvalue weighted by Gasteiger charge is 2.25. The third-order valence-corrected chi connectivity index (χ3v) is 4.76. The zero-order valence-electron chi connectivity index (χ0n) is 11.6. The molecule has 0 unspecified atom stereocenters. The Labute approximate surface area is 122 Å². The van der Waals surface area contributed by atoms with Gasteiger partial charge in [0.05, 0.1) is 0 Å². The number of hydrogen-bond acceptors (Lipinski definition) is 4. The molecule has 20 heavy (non-hydrogen) atoms. The molecule has 1 amide bonds. The van der Waals surface area contributed by atoms with Gasteiger partial charge in [0.1, 0.15) is 5.82 Å². The summed E-state index contributed by atoms with van der Waals surface area (Å²) in [4.78, 5) is 18.7. The number of aromatic nitrogens is 1. The molecular weight excluding hydrogens is 270 g/mol. The summed E-state index contributed by atoms with van der Waals surface area (Å²) in [7, 11) is 0. The van der Waals surface area contributed by atoms with E-state index in [4.69, 9.17) is 0 Å². The number of carbonyl (C=O) groups excluding carboxylic acids is 1. The van der Waals surface area contributed by atoms with E-state index in [0.717, 1.165) is 38.3 Å². The second kappa shape index (κ2) is 5.79. The number of piperidine rings is 1. The predicted octanol–water partition coefficient (Wildman–Crippen LogP) is 2.65. The first kappa shape index (κ1) is 13.4. The lowest BCUT2D eigenvalue weighted by Gasteiger charge is -2.32. The molecule has 0 spiro atoms. The van der Waals surface area contributed by atoms with E-state index in [0.29, 0.717) is 0 Å². The normalized spacial score (nSPS) is 16.6. The van der Waals surface area contributed by atoms with E-state index < -0.39 is 0 Å². The molecule has 4 nitrogen and oxygen atoms in total. The number of nitrogens with one attached hydrogen (secondary N) is 1. The van der Waals surface area contributed by atoms with Crippen molar-refractivity contribution in [3.05, 3.63) is 23.7 Å². The summed E-state index contributed by atoms with van der Waals surface area (Å²) in [6.07, 6.45) is 3.70. The second-order valence-corrected chi connectivity index (χ2v) is 6.07. The van der Waals surface area contributed by atoms with Gasteiger partial charge >= 0.3 is 0 Å². The average Bonchev–Trinajstić information content (AvgIpc) is 2.96. The Morgan fingerprint density at radius 1 is 1.45 bits per heavy atom. The van der Waals surface area contributed by atoms with E-state index in [1.807, 2.05) is 13.1 Å². The first-order chi connectivity index (χ1) is 9.79. The maximum absolute atomic E-state index is 11.9. The third-order valence-electron chi connectivity index (χ3n) is 3.88. The van der Waals surface area contributed by atoms with E-state index >= 15 is 0 Å². The van der Waals surface area contributed by atoms with Crippen molar-refractivity contribution in [2.24, 2.45) is 5.92 Å². The lowest BCUT2D eigenvalue weighted by molar-refractivity contribution is -0.125. The van der Waals surface area contributed by atoms with Crippen molar-refractivity contribution in [3.8, 4) is 0 Å². The Morgan fingerprint density at radius 3 is 3.00 bits per heavy atom. The summed E-state index contributed by atoms with van der Waals surface area (Å²) < 4.78 is 1.28.